The Labute approximate surface area is 165 Å². The van der Waals surface area contributed by atoms with Crippen LogP contribution in [0.15, 0.2) is 54.6 Å². The molecule has 0 aromatic heterocycles. The molecule has 1 saturated heterocycles. The number of hydrogen-bond donors (Lipinski definition) is 2. The van der Waals surface area contributed by atoms with Crippen LogP contribution in [0.1, 0.15) is 30.4 Å². The van der Waals surface area contributed by atoms with E-state index in [2.05, 4.69) is 16.7 Å². The molecule has 1 aliphatic rings. The van der Waals surface area contributed by atoms with Crippen molar-refractivity contribution < 1.29 is 9.59 Å². The summed E-state index contributed by atoms with van der Waals surface area (Å²) < 4.78 is 0. The van der Waals surface area contributed by atoms with E-state index in [4.69, 9.17) is 5.26 Å². The smallest absolute Gasteiger partial charge is 0.321 e. The second-order valence-corrected chi connectivity index (χ2v) is 6.93. The summed E-state index contributed by atoms with van der Waals surface area (Å²) in [7, 11) is 0. The third kappa shape index (κ3) is 5.58. The Morgan fingerprint density at radius 1 is 1.04 bits per heavy atom. The van der Waals surface area contributed by atoms with Crippen LogP contribution < -0.4 is 10.6 Å². The molecule has 6 nitrogen and oxygen atoms in total. The molecular formula is C22H24N4O2. The molecule has 2 aromatic rings. The van der Waals surface area contributed by atoms with E-state index in [1.165, 1.54) is 0 Å². The van der Waals surface area contributed by atoms with Crippen LogP contribution in [0.3, 0.4) is 0 Å². The summed E-state index contributed by atoms with van der Waals surface area (Å²) in [5.74, 6) is 0.0246. The Hall–Kier alpha value is -3.33. The lowest BCUT2D eigenvalue weighted by molar-refractivity contribution is -0.122. The number of benzene rings is 2. The lowest BCUT2D eigenvalue weighted by Gasteiger charge is -2.32. The third-order valence-electron chi connectivity index (χ3n) is 4.90. The minimum absolute atomic E-state index is 0.0246. The van der Waals surface area contributed by atoms with E-state index in [1.807, 2.05) is 42.5 Å². The van der Waals surface area contributed by atoms with Crippen molar-refractivity contribution in [3.8, 4) is 6.07 Å². The summed E-state index contributed by atoms with van der Waals surface area (Å²) in [6.45, 7) is 1.25. The minimum atomic E-state index is -0.100. The molecule has 1 aliphatic heterocycles. The van der Waals surface area contributed by atoms with Gasteiger partial charge in [0, 0.05) is 31.2 Å². The van der Waals surface area contributed by atoms with Crippen LogP contribution in [0.4, 0.5) is 10.5 Å². The predicted molar refractivity (Wildman–Crippen MR) is 108 cm³/mol. The number of piperidine rings is 1. The monoisotopic (exact) mass is 376 g/mol. The minimum Gasteiger partial charge on any atom is -0.353 e. The molecule has 0 bridgehead atoms. The molecule has 0 spiro atoms. The molecule has 0 unspecified atom stereocenters. The van der Waals surface area contributed by atoms with Crippen molar-refractivity contribution in [3.63, 3.8) is 0 Å². The third-order valence-corrected chi connectivity index (χ3v) is 4.90. The highest BCUT2D eigenvalue weighted by Crippen LogP contribution is 2.14. The van der Waals surface area contributed by atoms with Crippen molar-refractivity contribution >= 4 is 17.6 Å². The van der Waals surface area contributed by atoms with E-state index < -0.39 is 0 Å². The van der Waals surface area contributed by atoms with E-state index in [1.54, 1.807) is 17.0 Å². The maximum Gasteiger partial charge on any atom is 0.321 e. The van der Waals surface area contributed by atoms with Gasteiger partial charge in [-0.05, 0) is 49.1 Å². The van der Waals surface area contributed by atoms with Gasteiger partial charge in [-0.25, -0.2) is 4.79 Å². The number of para-hydroxylation sites is 1. The molecule has 1 fully saturated rings. The SMILES string of the molecule is N#Cc1ccc(CCC(=O)NC2CCN(C(=O)Nc3ccccc3)CC2)cc1. The van der Waals surface area contributed by atoms with Crippen LogP contribution in [0.25, 0.3) is 0 Å². The average Bonchev–Trinajstić information content (AvgIpc) is 2.74. The van der Waals surface area contributed by atoms with Crippen molar-refractivity contribution in [2.24, 2.45) is 0 Å². The molecule has 144 valence electrons. The van der Waals surface area contributed by atoms with Crippen molar-refractivity contribution in [1.82, 2.24) is 10.2 Å². The number of urea groups is 1. The quantitative estimate of drug-likeness (QED) is 0.840. The zero-order valence-corrected chi connectivity index (χ0v) is 15.7. The van der Waals surface area contributed by atoms with Crippen LogP contribution in [0.2, 0.25) is 0 Å². The maximum atomic E-state index is 12.3. The summed E-state index contributed by atoms with van der Waals surface area (Å²) in [6, 6.07) is 18.8. The molecule has 3 rings (SSSR count). The zero-order chi connectivity index (χ0) is 19.8. The fourth-order valence-corrected chi connectivity index (χ4v) is 3.25. The standard InChI is InChI=1S/C22H24N4O2/c23-16-18-8-6-17(7-9-18)10-11-21(27)24-20-12-14-26(15-13-20)22(28)25-19-4-2-1-3-5-19/h1-9,20H,10-15H2,(H,24,27)(H,25,28). The number of nitrogens with zero attached hydrogens (tertiary/aromatic N) is 2. The van der Waals surface area contributed by atoms with Crippen molar-refractivity contribution in [2.75, 3.05) is 18.4 Å². The van der Waals surface area contributed by atoms with Gasteiger partial charge in [-0.2, -0.15) is 5.26 Å². The van der Waals surface area contributed by atoms with Crippen LogP contribution in [0, 0.1) is 11.3 Å². The van der Waals surface area contributed by atoms with Gasteiger partial charge in [0.05, 0.1) is 11.6 Å². The van der Waals surface area contributed by atoms with Crippen molar-refractivity contribution in [2.45, 2.75) is 31.7 Å². The number of amides is 3. The first-order valence-corrected chi connectivity index (χ1v) is 9.53. The molecule has 1 heterocycles. The number of carbonyl (C=O) groups is 2. The first kappa shape index (κ1) is 19.4. The molecule has 6 heteroatoms. The number of carbonyl (C=O) groups excluding carboxylic acids is 2. The van der Waals surface area contributed by atoms with Gasteiger partial charge in [0.25, 0.3) is 0 Å². The highest BCUT2D eigenvalue weighted by molar-refractivity contribution is 5.89. The maximum absolute atomic E-state index is 12.3. The van der Waals surface area contributed by atoms with Crippen LogP contribution in [-0.2, 0) is 11.2 Å². The van der Waals surface area contributed by atoms with E-state index in [0.29, 0.717) is 31.5 Å². The van der Waals surface area contributed by atoms with Crippen molar-refractivity contribution in [1.29, 1.82) is 5.26 Å². The summed E-state index contributed by atoms with van der Waals surface area (Å²) in [4.78, 5) is 26.3. The summed E-state index contributed by atoms with van der Waals surface area (Å²) in [5, 5.41) is 14.8. The Bertz CT molecular complexity index is 835. The van der Waals surface area contributed by atoms with Crippen molar-refractivity contribution in [3.05, 3.63) is 65.7 Å². The van der Waals surface area contributed by atoms with Gasteiger partial charge < -0.3 is 15.5 Å². The Kier molecular flexibility index (Phi) is 6.64. The highest BCUT2D eigenvalue weighted by Gasteiger charge is 2.23. The number of aryl methyl sites for hydroxylation is 1. The van der Waals surface area contributed by atoms with Gasteiger partial charge in [-0.3, -0.25) is 4.79 Å². The number of hydrogen-bond acceptors (Lipinski definition) is 3. The topological polar surface area (TPSA) is 85.2 Å². The number of nitrogens with one attached hydrogen (secondary N) is 2. The van der Waals surface area contributed by atoms with Gasteiger partial charge in [-0.1, -0.05) is 30.3 Å². The predicted octanol–water partition coefficient (Wildman–Crippen LogP) is 3.30. The Morgan fingerprint density at radius 3 is 2.36 bits per heavy atom. The molecule has 0 atom stereocenters. The van der Waals surface area contributed by atoms with Gasteiger partial charge in [0.15, 0.2) is 0 Å². The molecular weight excluding hydrogens is 352 g/mol. The molecule has 0 saturated carbocycles. The van der Waals surface area contributed by atoms with Gasteiger partial charge in [-0.15, -0.1) is 0 Å². The molecule has 2 aromatic carbocycles. The lowest BCUT2D eigenvalue weighted by Crippen LogP contribution is -2.47. The Morgan fingerprint density at radius 2 is 1.71 bits per heavy atom. The number of nitriles is 1. The van der Waals surface area contributed by atoms with E-state index in [9.17, 15) is 9.59 Å². The molecule has 3 amide bonds. The molecule has 0 aliphatic carbocycles. The number of rotatable bonds is 5. The van der Waals surface area contributed by atoms with E-state index in [0.717, 1.165) is 24.1 Å². The number of likely N-dealkylation sites (tertiary alicyclic amines) is 1. The lowest BCUT2D eigenvalue weighted by atomic mass is 10.0. The van der Waals surface area contributed by atoms with Gasteiger partial charge in [0.2, 0.25) is 5.91 Å². The zero-order valence-electron chi connectivity index (χ0n) is 15.7. The van der Waals surface area contributed by atoms with Crippen LogP contribution in [-0.4, -0.2) is 36.0 Å². The fourth-order valence-electron chi connectivity index (χ4n) is 3.25. The first-order chi connectivity index (χ1) is 13.6. The number of anilines is 1. The summed E-state index contributed by atoms with van der Waals surface area (Å²) in [5.41, 5.74) is 2.45. The summed E-state index contributed by atoms with van der Waals surface area (Å²) >= 11 is 0. The average molecular weight is 376 g/mol. The fraction of sp³-hybridized carbons (Fsp3) is 0.318. The van der Waals surface area contributed by atoms with E-state index >= 15 is 0 Å². The second-order valence-electron chi connectivity index (χ2n) is 6.93. The molecule has 0 radical (unpaired) electrons. The molecule has 2 N–H and O–H groups in total. The summed E-state index contributed by atoms with van der Waals surface area (Å²) in [6.07, 6.45) is 2.58. The highest BCUT2D eigenvalue weighted by atomic mass is 16.2. The van der Waals surface area contributed by atoms with Crippen LogP contribution >= 0.6 is 0 Å². The van der Waals surface area contributed by atoms with Gasteiger partial charge >= 0.3 is 6.03 Å². The van der Waals surface area contributed by atoms with Crippen LogP contribution in [0.5, 0.6) is 0 Å². The first-order valence-electron chi connectivity index (χ1n) is 9.53. The largest absolute Gasteiger partial charge is 0.353 e. The Balaban J connectivity index is 1.38. The second kappa shape index (κ2) is 9.56. The van der Waals surface area contributed by atoms with Gasteiger partial charge in [0.1, 0.15) is 0 Å². The normalized spacial score (nSPS) is 14.2. The molecule has 28 heavy (non-hydrogen) atoms. The van der Waals surface area contributed by atoms with E-state index in [-0.39, 0.29) is 18.0 Å².